The molecule has 17 heavy (non-hydrogen) atoms. The lowest BCUT2D eigenvalue weighted by molar-refractivity contribution is -0.131. The summed E-state index contributed by atoms with van der Waals surface area (Å²) in [5, 5.41) is 0.294. The zero-order valence-electron chi connectivity index (χ0n) is 9.01. The molecule has 6 heteroatoms. The van der Waals surface area contributed by atoms with E-state index in [9.17, 15) is 9.18 Å². The summed E-state index contributed by atoms with van der Waals surface area (Å²) < 4.78 is 13.7. The lowest BCUT2D eigenvalue weighted by Gasteiger charge is -2.54. The van der Waals surface area contributed by atoms with Gasteiger partial charge in [-0.3, -0.25) is 4.79 Å². The van der Waals surface area contributed by atoms with Gasteiger partial charge in [-0.1, -0.05) is 11.6 Å². The van der Waals surface area contributed by atoms with Crippen LogP contribution >= 0.6 is 11.6 Å². The van der Waals surface area contributed by atoms with Gasteiger partial charge in [-0.25, -0.2) is 9.37 Å². The van der Waals surface area contributed by atoms with E-state index in [0.717, 1.165) is 12.8 Å². The second-order valence-electron chi connectivity index (χ2n) is 4.46. The van der Waals surface area contributed by atoms with Crippen molar-refractivity contribution in [3.05, 3.63) is 23.1 Å². The number of aromatic nitrogens is 1. The summed E-state index contributed by atoms with van der Waals surface area (Å²) in [5.74, 6) is -0.0777. The van der Waals surface area contributed by atoms with E-state index in [4.69, 9.17) is 11.6 Å². The van der Waals surface area contributed by atoms with Gasteiger partial charge in [0.25, 0.3) is 0 Å². The molecule has 1 aromatic heterocycles. The third-order valence-electron chi connectivity index (χ3n) is 3.46. The number of carbonyl (C=O) groups excluding carboxylic acids is 1. The number of nitrogens with zero attached hydrogens (tertiary/aromatic N) is 3. The van der Waals surface area contributed by atoms with Crippen LogP contribution in [-0.2, 0) is 4.79 Å². The van der Waals surface area contributed by atoms with Gasteiger partial charge in [0, 0.05) is 19.3 Å². The monoisotopic (exact) mass is 255 g/mol. The standard InChI is InChI=1S/C11H11ClFN3O/c12-7-1-10(13)11(14-3-7)15-4-8-2-9(5-15)16(8)6-17/h1,3,6,8-9H,2,4-5H2/t8-,9+. The molecule has 0 saturated carbocycles. The number of fused-ring (bicyclic) bond motifs is 2. The van der Waals surface area contributed by atoms with E-state index >= 15 is 0 Å². The predicted molar refractivity (Wildman–Crippen MR) is 61.5 cm³/mol. The molecule has 0 aliphatic carbocycles. The van der Waals surface area contributed by atoms with Gasteiger partial charge in [-0.15, -0.1) is 0 Å². The van der Waals surface area contributed by atoms with Crippen LogP contribution in [0, 0.1) is 5.82 Å². The van der Waals surface area contributed by atoms with E-state index in [0.29, 0.717) is 23.9 Å². The summed E-state index contributed by atoms with van der Waals surface area (Å²) in [4.78, 5) is 18.5. The number of piperidine rings is 1. The van der Waals surface area contributed by atoms with Gasteiger partial charge in [0.2, 0.25) is 6.41 Å². The molecule has 2 bridgehead atoms. The molecule has 90 valence electrons. The SMILES string of the molecule is O=CN1[C@@H]2C[C@H]1CN(c1ncc(Cl)cc1F)C2. The number of amides is 1. The Kier molecular flexibility index (Phi) is 2.43. The number of pyridine rings is 1. The Balaban J connectivity index is 1.81. The maximum atomic E-state index is 13.7. The zero-order valence-corrected chi connectivity index (χ0v) is 9.77. The van der Waals surface area contributed by atoms with Gasteiger partial charge < -0.3 is 9.80 Å². The van der Waals surface area contributed by atoms with Crippen molar-refractivity contribution in [2.75, 3.05) is 18.0 Å². The fourth-order valence-electron chi connectivity index (χ4n) is 2.62. The molecule has 4 rings (SSSR count). The molecule has 1 amide bonds. The van der Waals surface area contributed by atoms with Crippen LogP contribution in [0.3, 0.4) is 0 Å². The fraction of sp³-hybridized carbons (Fsp3) is 0.455. The van der Waals surface area contributed by atoms with Crippen LogP contribution in [0.4, 0.5) is 10.2 Å². The van der Waals surface area contributed by atoms with E-state index < -0.39 is 5.82 Å². The first-order valence-electron chi connectivity index (χ1n) is 5.48. The number of anilines is 1. The Hall–Kier alpha value is -1.36. The van der Waals surface area contributed by atoms with Gasteiger partial charge in [-0.2, -0.15) is 0 Å². The predicted octanol–water partition coefficient (Wildman–Crippen LogP) is 1.29. The topological polar surface area (TPSA) is 36.4 Å². The Bertz CT molecular complexity index is 458. The highest BCUT2D eigenvalue weighted by atomic mass is 35.5. The minimum Gasteiger partial charge on any atom is -0.350 e. The molecular formula is C11H11ClFN3O. The summed E-state index contributed by atoms with van der Waals surface area (Å²) in [6.45, 7) is 1.28. The van der Waals surface area contributed by atoms with Gasteiger partial charge in [-0.05, 0) is 12.5 Å². The van der Waals surface area contributed by atoms with E-state index in [1.807, 2.05) is 4.90 Å². The number of piperazine rings is 1. The van der Waals surface area contributed by atoms with Crippen molar-refractivity contribution in [3.63, 3.8) is 0 Å². The van der Waals surface area contributed by atoms with Crippen molar-refractivity contribution in [2.24, 2.45) is 0 Å². The van der Waals surface area contributed by atoms with E-state index in [-0.39, 0.29) is 12.1 Å². The molecule has 1 aromatic rings. The molecule has 4 nitrogen and oxygen atoms in total. The maximum Gasteiger partial charge on any atom is 0.210 e. The Morgan fingerprint density at radius 2 is 2.18 bits per heavy atom. The fourth-order valence-corrected chi connectivity index (χ4v) is 2.77. The molecule has 3 aliphatic heterocycles. The van der Waals surface area contributed by atoms with Crippen molar-refractivity contribution in [1.82, 2.24) is 9.88 Å². The molecule has 0 aromatic carbocycles. The number of hydrogen-bond donors (Lipinski definition) is 0. The average molecular weight is 256 g/mol. The van der Waals surface area contributed by atoms with E-state index in [1.165, 1.54) is 12.3 Å². The molecule has 3 fully saturated rings. The Morgan fingerprint density at radius 3 is 2.76 bits per heavy atom. The largest absolute Gasteiger partial charge is 0.350 e. The molecule has 3 saturated heterocycles. The van der Waals surface area contributed by atoms with E-state index in [1.54, 1.807) is 4.90 Å². The number of carbonyl (C=O) groups is 1. The maximum absolute atomic E-state index is 13.7. The summed E-state index contributed by atoms with van der Waals surface area (Å²) in [5.41, 5.74) is 0. The number of halogens is 2. The van der Waals surface area contributed by atoms with Crippen LogP contribution in [0.5, 0.6) is 0 Å². The number of rotatable bonds is 2. The van der Waals surface area contributed by atoms with Crippen LogP contribution in [0.2, 0.25) is 5.02 Å². The second-order valence-corrected chi connectivity index (χ2v) is 4.90. The lowest BCUT2D eigenvalue weighted by atomic mass is 9.88. The normalized spacial score (nSPS) is 26.7. The van der Waals surface area contributed by atoms with Crippen LogP contribution in [0.25, 0.3) is 0 Å². The average Bonchev–Trinajstić information content (AvgIpc) is 2.29. The van der Waals surface area contributed by atoms with Crippen molar-refractivity contribution in [1.29, 1.82) is 0 Å². The minimum atomic E-state index is -0.406. The van der Waals surface area contributed by atoms with Crippen molar-refractivity contribution < 1.29 is 9.18 Å². The van der Waals surface area contributed by atoms with Crippen LogP contribution < -0.4 is 4.90 Å². The Labute approximate surface area is 103 Å². The number of hydrogen-bond acceptors (Lipinski definition) is 3. The molecule has 2 atom stereocenters. The summed E-state index contributed by atoms with van der Waals surface area (Å²) >= 11 is 5.66. The zero-order chi connectivity index (χ0) is 12.0. The molecule has 0 spiro atoms. The summed E-state index contributed by atoms with van der Waals surface area (Å²) in [7, 11) is 0. The highest BCUT2D eigenvalue weighted by molar-refractivity contribution is 6.30. The van der Waals surface area contributed by atoms with Gasteiger partial charge in [0.15, 0.2) is 11.6 Å². The summed E-state index contributed by atoms with van der Waals surface area (Å²) in [6, 6.07) is 1.66. The second kappa shape index (κ2) is 3.84. The minimum absolute atomic E-state index is 0.197. The smallest absolute Gasteiger partial charge is 0.210 e. The lowest BCUT2D eigenvalue weighted by Crippen LogP contribution is -2.68. The Morgan fingerprint density at radius 1 is 1.47 bits per heavy atom. The highest BCUT2D eigenvalue weighted by Gasteiger charge is 2.44. The molecular weight excluding hydrogens is 245 g/mol. The molecule has 3 aliphatic rings. The summed E-state index contributed by atoms with van der Waals surface area (Å²) in [6.07, 6.45) is 3.32. The molecule has 0 unspecified atom stereocenters. The highest BCUT2D eigenvalue weighted by Crippen LogP contribution is 2.33. The molecule has 0 radical (unpaired) electrons. The van der Waals surface area contributed by atoms with Gasteiger partial charge >= 0.3 is 0 Å². The third-order valence-corrected chi connectivity index (χ3v) is 3.67. The van der Waals surface area contributed by atoms with Crippen LogP contribution in [0.1, 0.15) is 6.42 Å². The van der Waals surface area contributed by atoms with Crippen molar-refractivity contribution in [3.8, 4) is 0 Å². The first-order chi connectivity index (χ1) is 8.19. The molecule has 0 N–H and O–H groups in total. The van der Waals surface area contributed by atoms with Crippen molar-refractivity contribution in [2.45, 2.75) is 18.5 Å². The quantitative estimate of drug-likeness (QED) is 0.748. The van der Waals surface area contributed by atoms with Crippen LogP contribution in [-0.4, -0.2) is 41.5 Å². The first kappa shape index (κ1) is 10.8. The van der Waals surface area contributed by atoms with Gasteiger partial charge in [0.1, 0.15) is 0 Å². The third kappa shape index (κ3) is 1.65. The van der Waals surface area contributed by atoms with Crippen LogP contribution in [0.15, 0.2) is 12.3 Å². The van der Waals surface area contributed by atoms with E-state index in [2.05, 4.69) is 4.98 Å². The molecule has 4 heterocycles. The van der Waals surface area contributed by atoms with Gasteiger partial charge in [0.05, 0.1) is 17.1 Å². The van der Waals surface area contributed by atoms with Crippen molar-refractivity contribution >= 4 is 23.8 Å². The first-order valence-corrected chi connectivity index (χ1v) is 5.85.